The monoisotopic (exact) mass is 269 g/mol. The molecule has 0 bridgehead atoms. The Morgan fingerprint density at radius 3 is 2.83 bits per heavy atom. The van der Waals surface area contributed by atoms with Gasteiger partial charge >= 0.3 is 0 Å². The minimum atomic E-state index is -0.219. The molecule has 0 aliphatic heterocycles. The molecule has 0 aromatic carbocycles. The van der Waals surface area contributed by atoms with Crippen LogP contribution in [0.2, 0.25) is 0 Å². The second-order valence-corrected chi connectivity index (χ2v) is 5.15. The van der Waals surface area contributed by atoms with Crippen LogP contribution in [0.1, 0.15) is 6.92 Å². The van der Waals surface area contributed by atoms with Gasteiger partial charge in [-0.2, -0.15) is 11.8 Å². The maximum atomic E-state index is 12.0. The molecule has 0 aliphatic carbocycles. The number of carbonyl (C=O) groups is 1. The van der Waals surface area contributed by atoms with Crippen molar-refractivity contribution in [1.29, 1.82) is 0 Å². The summed E-state index contributed by atoms with van der Waals surface area (Å²) in [6.45, 7) is 2.01. The van der Waals surface area contributed by atoms with Gasteiger partial charge in [0.05, 0.1) is 0 Å². The molecule has 100 valence electrons. The molecule has 5 nitrogen and oxygen atoms in total. The van der Waals surface area contributed by atoms with Crippen molar-refractivity contribution in [2.24, 2.45) is 0 Å². The highest BCUT2D eigenvalue weighted by atomic mass is 32.2. The van der Waals surface area contributed by atoms with E-state index in [9.17, 15) is 9.59 Å². The zero-order valence-electron chi connectivity index (χ0n) is 10.9. The zero-order chi connectivity index (χ0) is 13.7. The van der Waals surface area contributed by atoms with Crippen LogP contribution in [0, 0.1) is 0 Å². The molecule has 0 aliphatic rings. The number of carbonyl (C=O) groups excluding carboxylic acids is 1. The highest BCUT2D eigenvalue weighted by molar-refractivity contribution is 7.98. The van der Waals surface area contributed by atoms with Crippen LogP contribution in [-0.2, 0) is 11.3 Å². The summed E-state index contributed by atoms with van der Waals surface area (Å²) in [4.78, 5) is 25.2. The number of hydrogen-bond acceptors (Lipinski definition) is 4. The predicted molar refractivity (Wildman–Crippen MR) is 75.7 cm³/mol. The van der Waals surface area contributed by atoms with Crippen LogP contribution in [-0.4, -0.2) is 40.5 Å². The van der Waals surface area contributed by atoms with Crippen molar-refractivity contribution in [3.05, 3.63) is 28.7 Å². The second-order valence-electron chi connectivity index (χ2n) is 4.24. The number of hydrogen-bond donors (Lipinski definition) is 1. The van der Waals surface area contributed by atoms with Crippen LogP contribution in [0.5, 0.6) is 0 Å². The first-order chi connectivity index (χ1) is 8.45. The predicted octanol–water partition coefficient (Wildman–Crippen LogP) is 0.640. The Kier molecular flexibility index (Phi) is 5.27. The number of nitrogens with two attached hydrogens (primary N) is 1. The van der Waals surface area contributed by atoms with Crippen LogP contribution in [0.25, 0.3) is 0 Å². The quantitative estimate of drug-likeness (QED) is 0.852. The highest BCUT2D eigenvalue weighted by Gasteiger charge is 2.15. The van der Waals surface area contributed by atoms with E-state index in [0.717, 1.165) is 5.75 Å². The summed E-state index contributed by atoms with van der Waals surface area (Å²) in [5.74, 6) is 0.776. The van der Waals surface area contributed by atoms with Crippen molar-refractivity contribution in [1.82, 2.24) is 9.47 Å². The highest BCUT2D eigenvalue weighted by Crippen LogP contribution is 2.05. The number of likely N-dealkylation sites (N-methyl/N-ethyl adjacent to an activating group) is 1. The van der Waals surface area contributed by atoms with Gasteiger partial charge in [-0.3, -0.25) is 9.59 Å². The van der Waals surface area contributed by atoms with Gasteiger partial charge in [-0.05, 0) is 19.2 Å². The van der Waals surface area contributed by atoms with Gasteiger partial charge in [-0.25, -0.2) is 0 Å². The lowest BCUT2D eigenvalue weighted by molar-refractivity contribution is -0.131. The summed E-state index contributed by atoms with van der Waals surface area (Å²) in [5.41, 5.74) is 5.85. The molecule has 6 heteroatoms. The number of rotatable bonds is 5. The van der Waals surface area contributed by atoms with Crippen molar-refractivity contribution in [2.75, 3.05) is 24.8 Å². The molecule has 1 rings (SSSR count). The Balaban J connectivity index is 2.75. The Hall–Kier alpha value is -1.43. The van der Waals surface area contributed by atoms with E-state index in [-0.39, 0.29) is 24.1 Å². The first-order valence-electron chi connectivity index (χ1n) is 5.66. The minimum absolute atomic E-state index is 0.0269. The van der Waals surface area contributed by atoms with Crippen molar-refractivity contribution < 1.29 is 4.79 Å². The van der Waals surface area contributed by atoms with E-state index in [0.29, 0.717) is 5.69 Å². The van der Waals surface area contributed by atoms with Gasteiger partial charge in [-0.15, -0.1) is 0 Å². The fraction of sp³-hybridized carbons (Fsp3) is 0.500. The Bertz CT molecular complexity index is 473. The lowest BCUT2D eigenvalue weighted by atomic mass is 10.3. The minimum Gasteiger partial charge on any atom is -0.398 e. The molecule has 1 atom stereocenters. The van der Waals surface area contributed by atoms with Crippen LogP contribution >= 0.6 is 11.8 Å². The van der Waals surface area contributed by atoms with Gasteiger partial charge in [0.1, 0.15) is 6.54 Å². The number of nitrogens with zero attached hydrogens (tertiary/aromatic N) is 2. The number of anilines is 1. The van der Waals surface area contributed by atoms with E-state index in [1.807, 2.05) is 13.2 Å². The summed E-state index contributed by atoms with van der Waals surface area (Å²) in [5, 5.41) is 0. The lowest BCUT2D eigenvalue weighted by Crippen LogP contribution is -2.40. The van der Waals surface area contributed by atoms with E-state index in [1.165, 1.54) is 22.9 Å². The average Bonchev–Trinajstić information content (AvgIpc) is 2.33. The van der Waals surface area contributed by atoms with Crippen molar-refractivity contribution >= 4 is 23.4 Å². The van der Waals surface area contributed by atoms with Crippen LogP contribution < -0.4 is 11.3 Å². The van der Waals surface area contributed by atoms with Crippen LogP contribution in [0.15, 0.2) is 23.1 Å². The van der Waals surface area contributed by atoms with Crippen LogP contribution in [0.4, 0.5) is 5.69 Å². The molecule has 1 amide bonds. The summed E-state index contributed by atoms with van der Waals surface area (Å²) in [6.07, 6.45) is 3.49. The molecule has 2 N–H and O–H groups in total. The van der Waals surface area contributed by atoms with E-state index in [2.05, 4.69) is 0 Å². The molecule has 1 aromatic heterocycles. The van der Waals surface area contributed by atoms with E-state index < -0.39 is 0 Å². The summed E-state index contributed by atoms with van der Waals surface area (Å²) in [6, 6.07) is 3.04. The molecular weight excluding hydrogens is 250 g/mol. The van der Waals surface area contributed by atoms with E-state index in [1.54, 1.807) is 23.7 Å². The summed E-state index contributed by atoms with van der Waals surface area (Å²) in [7, 11) is 1.75. The Labute approximate surface area is 111 Å². The maximum absolute atomic E-state index is 12.0. The molecule has 18 heavy (non-hydrogen) atoms. The molecule has 0 saturated heterocycles. The Morgan fingerprint density at radius 1 is 1.56 bits per heavy atom. The molecule has 0 saturated carbocycles. The molecule has 0 radical (unpaired) electrons. The summed E-state index contributed by atoms with van der Waals surface area (Å²) < 4.78 is 1.33. The molecule has 0 fully saturated rings. The van der Waals surface area contributed by atoms with Gasteiger partial charge < -0.3 is 15.2 Å². The van der Waals surface area contributed by atoms with Crippen molar-refractivity contribution in [3.63, 3.8) is 0 Å². The van der Waals surface area contributed by atoms with Gasteiger partial charge in [-0.1, -0.05) is 0 Å². The van der Waals surface area contributed by atoms with Crippen molar-refractivity contribution in [2.45, 2.75) is 19.5 Å². The number of pyridine rings is 1. The van der Waals surface area contributed by atoms with Crippen LogP contribution in [0.3, 0.4) is 0 Å². The maximum Gasteiger partial charge on any atom is 0.251 e. The third kappa shape index (κ3) is 3.80. The number of nitrogen functional groups attached to an aromatic ring is 1. The molecular formula is C12H19N3O2S. The number of thioether (sulfide) groups is 1. The molecule has 1 aromatic rings. The van der Waals surface area contributed by atoms with Gasteiger partial charge in [0.2, 0.25) is 5.91 Å². The standard InChI is InChI=1S/C12H19N3O2S/c1-9(8-18-3)14(2)12(17)7-15-6-10(13)4-5-11(15)16/h4-6,9H,7-8,13H2,1-3H3. The topological polar surface area (TPSA) is 68.3 Å². The third-order valence-electron chi connectivity index (χ3n) is 2.77. The SMILES string of the molecule is CSCC(C)N(C)C(=O)Cn1cc(N)ccc1=O. The smallest absolute Gasteiger partial charge is 0.251 e. The fourth-order valence-corrected chi connectivity index (χ4v) is 2.24. The first-order valence-corrected chi connectivity index (χ1v) is 7.05. The molecule has 1 unspecified atom stereocenters. The van der Waals surface area contributed by atoms with Gasteiger partial charge in [0.15, 0.2) is 0 Å². The lowest BCUT2D eigenvalue weighted by Gasteiger charge is -2.24. The normalized spacial score (nSPS) is 12.2. The van der Waals surface area contributed by atoms with Crippen molar-refractivity contribution in [3.8, 4) is 0 Å². The summed E-state index contributed by atoms with van der Waals surface area (Å²) >= 11 is 1.68. The van der Waals surface area contributed by atoms with E-state index >= 15 is 0 Å². The van der Waals surface area contributed by atoms with E-state index in [4.69, 9.17) is 5.73 Å². The third-order valence-corrected chi connectivity index (χ3v) is 3.59. The second kappa shape index (κ2) is 6.49. The zero-order valence-corrected chi connectivity index (χ0v) is 11.7. The molecule has 1 heterocycles. The van der Waals surface area contributed by atoms with Gasteiger partial charge in [0, 0.05) is 36.8 Å². The Morgan fingerprint density at radius 2 is 2.22 bits per heavy atom. The fourth-order valence-electron chi connectivity index (χ4n) is 1.53. The van der Waals surface area contributed by atoms with Gasteiger partial charge in [0.25, 0.3) is 5.56 Å². The number of aromatic nitrogens is 1. The average molecular weight is 269 g/mol. The molecule has 0 spiro atoms. The first kappa shape index (κ1) is 14.6. The number of amides is 1. The largest absolute Gasteiger partial charge is 0.398 e.